The van der Waals surface area contributed by atoms with Crippen LogP contribution in [0.1, 0.15) is 12.8 Å². The largest absolute Gasteiger partial charge is 0.495 e. The van der Waals surface area contributed by atoms with E-state index in [9.17, 15) is 8.42 Å². The Morgan fingerprint density at radius 2 is 2.30 bits per heavy atom. The summed E-state index contributed by atoms with van der Waals surface area (Å²) in [5.41, 5.74) is 0.522. The van der Waals surface area contributed by atoms with Crippen LogP contribution in [0.15, 0.2) is 22.7 Å². The molecule has 1 unspecified atom stereocenters. The van der Waals surface area contributed by atoms with Crippen LogP contribution in [-0.4, -0.2) is 34.4 Å². The second-order valence-electron chi connectivity index (χ2n) is 4.95. The standard InChI is InChI=1S/C13H19BrN2O3S/c1-19-13-7-11(4-5-12(13)14)16-20(17,18)9-10-3-2-6-15-8-10/h4-5,7,10,15-16H,2-3,6,8-9H2,1H3. The average Bonchev–Trinajstić information content (AvgIpc) is 2.41. The molecule has 112 valence electrons. The van der Waals surface area contributed by atoms with Crippen molar-refractivity contribution in [2.75, 3.05) is 30.7 Å². The normalized spacial score (nSPS) is 19.6. The molecule has 1 atom stereocenters. The van der Waals surface area contributed by atoms with Gasteiger partial charge in [0, 0.05) is 6.07 Å². The molecule has 7 heteroatoms. The summed E-state index contributed by atoms with van der Waals surface area (Å²) >= 11 is 3.34. The number of hydrogen-bond donors (Lipinski definition) is 2. The van der Waals surface area contributed by atoms with Gasteiger partial charge >= 0.3 is 0 Å². The van der Waals surface area contributed by atoms with E-state index in [1.54, 1.807) is 25.3 Å². The van der Waals surface area contributed by atoms with Crippen LogP contribution in [0.3, 0.4) is 0 Å². The Bertz CT molecular complexity index is 557. The summed E-state index contributed by atoms with van der Waals surface area (Å²) in [4.78, 5) is 0. The van der Waals surface area contributed by atoms with Crippen molar-refractivity contribution in [2.24, 2.45) is 5.92 Å². The highest BCUT2D eigenvalue weighted by Gasteiger charge is 2.21. The first kappa shape index (κ1) is 15.6. The molecule has 1 fully saturated rings. The first-order valence-corrected chi connectivity index (χ1v) is 8.99. The highest BCUT2D eigenvalue weighted by Crippen LogP contribution is 2.28. The molecule has 20 heavy (non-hydrogen) atoms. The molecule has 1 aliphatic rings. The van der Waals surface area contributed by atoms with Gasteiger partial charge in [-0.15, -0.1) is 0 Å². The molecule has 1 aliphatic heterocycles. The van der Waals surface area contributed by atoms with E-state index in [1.165, 1.54) is 0 Å². The SMILES string of the molecule is COc1cc(NS(=O)(=O)CC2CCCNC2)ccc1Br. The van der Waals surface area contributed by atoms with Gasteiger partial charge in [0.15, 0.2) is 0 Å². The molecule has 0 aromatic heterocycles. The summed E-state index contributed by atoms with van der Waals surface area (Å²) < 4.78 is 32.9. The van der Waals surface area contributed by atoms with Crippen LogP contribution >= 0.6 is 15.9 Å². The van der Waals surface area contributed by atoms with Gasteiger partial charge in [-0.2, -0.15) is 0 Å². The molecule has 1 aromatic rings. The molecule has 0 saturated carbocycles. The smallest absolute Gasteiger partial charge is 0.233 e. The number of halogens is 1. The van der Waals surface area contributed by atoms with Crippen molar-refractivity contribution in [1.82, 2.24) is 5.32 Å². The number of rotatable bonds is 5. The number of piperidine rings is 1. The van der Waals surface area contributed by atoms with E-state index < -0.39 is 10.0 Å². The van der Waals surface area contributed by atoms with Crippen molar-refractivity contribution in [3.8, 4) is 5.75 Å². The molecular weight excluding hydrogens is 344 g/mol. The third-order valence-electron chi connectivity index (χ3n) is 3.28. The molecule has 5 nitrogen and oxygen atoms in total. The third-order valence-corrected chi connectivity index (χ3v) is 5.39. The summed E-state index contributed by atoms with van der Waals surface area (Å²) in [6.45, 7) is 1.75. The summed E-state index contributed by atoms with van der Waals surface area (Å²) in [7, 11) is -1.79. The van der Waals surface area contributed by atoms with Crippen LogP contribution in [-0.2, 0) is 10.0 Å². The predicted molar refractivity (Wildman–Crippen MR) is 83.7 cm³/mol. The lowest BCUT2D eigenvalue weighted by atomic mass is 10.0. The van der Waals surface area contributed by atoms with Crippen molar-refractivity contribution < 1.29 is 13.2 Å². The maximum Gasteiger partial charge on any atom is 0.233 e. The highest BCUT2D eigenvalue weighted by atomic mass is 79.9. The monoisotopic (exact) mass is 362 g/mol. The number of ether oxygens (including phenoxy) is 1. The highest BCUT2D eigenvalue weighted by molar-refractivity contribution is 9.10. The van der Waals surface area contributed by atoms with Gasteiger partial charge < -0.3 is 10.1 Å². The zero-order valence-electron chi connectivity index (χ0n) is 11.4. The van der Waals surface area contributed by atoms with Crippen molar-refractivity contribution in [3.05, 3.63) is 22.7 Å². The molecule has 0 spiro atoms. The van der Waals surface area contributed by atoms with E-state index in [2.05, 4.69) is 26.0 Å². The predicted octanol–water partition coefficient (Wildman–Crippen LogP) is 2.20. The van der Waals surface area contributed by atoms with Gasteiger partial charge in [-0.05, 0) is 59.9 Å². The number of nitrogens with one attached hydrogen (secondary N) is 2. The lowest BCUT2D eigenvalue weighted by Crippen LogP contribution is -2.35. The first-order chi connectivity index (χ1) is 9.50. The van der Waals surface area contributed by atoms with Crippen LogP contribution in [0.4, 0.5) is 5.69 Å². The first-order valence-electron chi connectivity index (χ1n) is 6.55. The minimum absolute atomic E-state index is 0.151. The Morgan fingerprint density at radius 3 is 2.95 bits per heavy atom. The summed E-state index contributed by atoms with van der Waals surface area (Å²) in [6.07, 6.45) is 1.99. The van der Waals surface area contributed by atoms with Crippen LogP contribution < -0.4 is 14.8 Å². The second-order valence-corrected chi connectivity index (χ2v) is 7.57. The minimum atomic E-state index is -3.33. The maximum atomic E-state index is 12.2. The fraction of sp³-hybridized carbons (Fsp3) is 0.538. The number of methoxy groups -OCH3 is 1. The second kappa shape index (κ2) is 6.78. The van der Waals surface area contributed by atoms with E-state index in [4.69, 9.17) is 4.74 Å². The molecule has 0 radical (unpaired) electrons. The van der Waals surface area contributed by atoms with Crippen molar-refractivity contribution in [1.29, 1.82) is 0 Å². The molecular formula is C13H19BrN2O3S. The Kier molecular flexibility index (Phi) is 5.29. The molecule has 0 bridgehead atoms. The van der Waals surface area contributed by atoms with Crippen LogP contribution in [0.25, 0.3) is 0 Å². The number of hydrogen-bond acceptors (Lipinski definition) is 4. The van der Waals surface area contributed by atoms with Gasteiger partial charge in [-0.1, -0.05) is 0 Å². The maximum absolute atomic E-state index is 12.2. The van der Waals surface area contributed by atoms with Gasteiger partial charge in [0.25, 0.3) is 0 Å². The van der Waals surface area contributed by atoms with Crippen molar-refractivity contribution >= 4 is 31.6 Å². The van der Waals surface area contributed by atoms with E-state index in [1.807, 2.05) is 0 Å². The van der Waals surface area contributed by atoms with Gasteiger partial charge in [0.1, 0.15) is 5.75 Å². The van der Waals surface area contributed by atoms with Crippen LogP contribution in [0.2, 0.25) is 0 Å². The van der Waals surface area contributed by atoms with Gasteiger partial charge in [0.2, 0.25) is 10.0 Å². The Hall–Kier alpha value is -0.790. The van der Waals surface area contributed by atoms with Gasteiger partial charge in [-0.3, -0.25) is 4.72 Å². The number of anilines is 1. The van der Waals surface area contributed by atoms with Crippen LogP contribution in [0, 0.1) is 5.92 Å². The molecule has 1 heterocycles. The average molecular weight is 363 g/mol. The zero-order chi connectivity index (χ0) is 14.6. The Labute approximate surface area is 128 Å². The van der Waals surface area contributed by atoms with Crippen molar-refractivity contribution in [3.63, 3.8) is 0 Å². The number of sulfonamides is 1. The number of benzene rings is 1. The van der Waals surface area contributed by atoms with Crippen LogP contribution in [0.5, 0.6) is 5.75 Å². The summed E-state index contributed by atoms with van der Waals surface area (Å²) in [6, 6.07) is 5.14. The molecule has 1 aromatic carbocycles. The zero-order valence-corrected chi connectivity index (χ0v) is 13.8. The van der Waals surface area contributed by atoms with Gasteiger partial charge in [-0.25, -0.2) is 8.42 Å². The molecule has 0 amide bonds. The van der Waals surface area contributed by atoms with E-state index in [-0.39, 0.29) is 11.7 Å². The Balaban J connectivity index is 2.03. The Morgan fingerprint density at radius 1 is 1.50 bits per heavy atom. The fourth-order valence-corrected chi connectivity index (χ4v) is 4.20. The fourth-order valence-electron chi connectivity index (χ4n) is 2.32. The lowest BCUT2D eigenvalue weighted by Gasteiger charge is -2.22. The molecule has 1 saturated heterocycles. The van der Waals surface area contributed by atoms with E-state index >= 15 is 0 Å². The van der Waals surface area contributed by atoms with E-state index in [0.29, 0.717) is 11.4 Å². The molecule has 2 N–H and O–H groups in total. The third kappa shape index (κ3) is 4.36. The van der Waals surface area contributed by atoms with Gasteiger partial charge in [0.05, 0.1) is 23.0 Å². The molecule has 0 aliphatic carbocycles. The molecule has 2 rings (SSSR count). The summed E-state index contributed by atoms with van der Waals surface area (Å²) in [5.74, 6) is 0.932. The summed E-state index contributed by atoms with van der Waals surface area (Å²) in [5, 5.41) is 3.23. The lowest BCUT2D eigenvalue weighted by molar-refractivity contribution is 0.404. The topological polar surface area (TPSA) is 67.4 Å². The van der Waals surface area contributed by atoms with E-state index in [0.717, 1.165) is 30.4 Å². The minimum Gasteiger partial charge on any atom is -0.495 e. The quantitative estimate of drug-likeness (QED) is 0.842. The van der Waals surface area contributed by atoms with Crippen molar-refractivity contribution in [2.45, 2.75) is 12.8 Å².